The van der Waals surface area contributed by atoms with Crippen molar-refractivity contribution in [3.63, 3.8) is 0 Å². The number of hydrogen-bond donors (Lipinski definition) is 3. The molecule has 11 nitrogen and oxygen atoms in total. The Kier molecular flexibility index (Phi) is 13.1. The van der Waals surface area contributed by atoms with Crippen molar-refractivity contribution in [1.29, 1.82) is 0 Å². The third kappa shape index (κ3) is 10.7. The number of ether oxygens (including phenoxy) is 3. The highest BCUT2D eigenvalue weighted by Gasteiger charge is 2.42. The maximum Gasteiger partial charge on any atom is 0.315 e. The molecule has 0 saturated carbocycles. The molecule has 1 aromatic rings. The molecule has 3 amide bonds. The molecule has 13 heteroatoms. The van der Waals surface area contributed by atoms with Gasteiger partial charge in [0.25, 0.3) is 10.1 Å². The Bertz CT molecular complexity index is 977. The zero-order valence-corrected chi connectivity index (χ0v) is 23.4. The molecule has 3 rings (SSSR count). The van der Waals surface area contributed by atoms with E-state index >= 15 is 0 Å². The van der Waals surface area contributed by atoms with E-state index in [1.807, 2.05) is 18.7 Å². The fourth-order valence-corrected chi connectivity index (χ4v) is 6.58. The van der Waals surface area contributed by atoms with Crippen molar-refractivity contribution in [3.05, 3.63) is 29.8 Å². The monoisotopic (exact) mass is 573 g/mol. The van der Waals surface area contributed by atoms with Crippen molar-refractivity contribution < 1.29 is 36.4 Å². The molecule has 0 aliphatic carbocycles. The molecule has 3 N–H and O–H groups in total. The van der Waals surface area contributed by atoms with Gasteiger partial charge in [-0.25, -0.2) is 4.79 Å². The zero-order chi connectivity index (χ0) is 27.2. The lowest BCUT2D eigenvalue weighted by molar-refractivity contribution is -0.121. The largest absolute Gasteiger partial charge is 0.377 e. The molecule has 38 heavy (non-hydrogen) atoms. The smallest absolute Gasteiger partial charge is 0.315 e. The van der Waals surface area contributed by atoms with Crippen molar-refractivity contribution in [2.45, 2.75) is 54.8 Å². The SMILES string of the molecule is Cc1ccc(S(=O)(=O)OCCOCCOCCOCCNC(=O)CCCC[C@@H]2SC[C@@H]3NC(=O)N[C@@H]32)cc1. The second kappa shape index (κ2) is 16.3. The minimum Gasteiger partial charge on any atom is -0.377 e. The number of carbonyl (C=O) groups excluding carboxylic acids is 2. The van der Waals surface area contributed by atoms with E-state index < -0.39 is 10.1 Å². The van der Waals surface area contributed by atoms with Gasteiger partial charge in [0.15, 0.2) is 0 Å². The summed E-state index contributed by atoms with van der Waals surface area (Å²) in [5, 5.41) is 9.21. The summed E-state index contributed by atoms with van der Waals surface area (Å²) in [6.45, 7) is 4.29. The van der Waals surface area contributed by atoms with Gasteiger partial charge in [-0.15, -0.1) is 0 Å². The Morgan fingerprint density at radius 3 is 2.34 bits per heavy atom. The van der Waals surface area contributed by atoms with Gasteiger partial charge in [0.2, 0.25) is 5.91 Å². The summed E-state index contributed by atoms with van der Waals surface area (Å²) in [5.74, 6) is 0.970. The van der Waals surface area contributed by atoms with Gasteiger partial charge in [-0.3, -0.25) is 8.98 Å². The molecule has 0 unspecified atom stereocenters. The van der Waals surface area contributed by atoms with Gasteiger partial charge >= 0.3 is 6.03 Å². The first-order chi connectivity index (χ1) is 18.3. The van der Waals surface area contributed by atoms with E-state index in [2.05, 4.69) is 16.0 Å². The fourth-order valence-electron chi connectivity index (χ4n) is 4.14. The Balaban J connectivity index is 1.06. The van der Waals surface area contributed by atoms with Crippen molar-refractivity contribution in [2.75, 3.05) is 58.5 Å². The topological polar surface area (TPSA) is 141 Å². The number of amides is 3. The minimum atomic E-state index is -3.78. The molecule has 0 bridgehead atoms. The summed E-state index contributed by atoms with van der Waals surface area (Å²) < 4.78 is 45.2. The molecule has 0 radical (unpaired) electrons. The van der Waals surface area contributed by atoms with Crippen LogP contribution in [0.25, 0.3) is 0 Å². The van der Waals surface area contributed by atoms with Crippen molar-refractivity contribution in [3.8, 4) is 0 Å². The number of fused-ring (bicyclic) bond motifs is 1. The summed E-state index contributed by atoms with van der Waals surface area (Å²) in [4.78, 5) is 23.5. The molecule has 2 heterocycles. The molecular formula is C25H39N3O8S2. The number of rotatable bonds is 19. The molecule has 2 fully saturated rings. The van der Waals surface area contributed by atoms with Gasteiger partial charge in [0.05, 0.1) is 63.2 Å². The fraction of sp³-hybridized carbons (Fsp3) is 0.680. The first-order valence-electron chi connectivity index (χ1n) is 13.0. The molecule has 0 spiro atoms. The molecule has 214 valence electrons. The van der Waals surface area contributed by atoms with Crippen LogP contribution >= 0.6 is 11.8 Å². The van der Waals surface area contributed by atoms with E-state index in [4.69, 9.17) is 18.4 Å². The van der Waals surface area contributed by atoms with Crippen molar-refractivity contribution in [2.24, 2.45) is 0 Å². The van der Waals surface area contributed by atoms with Gasteiger partial charge in [-0.2, -0.15) is 20.2 Å². The predicted molar refractivity (Wildman–Crippen MR) is 144 cm³/mol. The highest BCUT2D eigenvalue weighted by Crippen LogP contribution is 2.33. The molecule has 3 atom stereocenters. The quantitative estimate of drug-likeness (QED) is 0.128. The number of nitrogens with one attached hydrogen (secondary N) is 3. The average Bonchev–Trinajstić information content (AvgIpc) is 3.44. The number of aryl methyl sites for hydroxylation is 1. The van der Waals surface area contributed by atoms with Crippen molar-refractivity contribution >= 4 is 33.8 Å². The maximum absolute atomic E-state index is 12.1. The molecular weight excluding hydrogens is 534 g/mol. The van der Waals surface area contributed by atoms with Crippen LogP contribution in [0, 0.1) is 6.92 Å². The van der Waals surface area contributed by atoms with Gasteiger partial charge in [-0.05, 0) is 31.9 Å². The first-order valence-corrected chi connectivity index (χ1v) is 15.5. The average molecular weight is 574 g/mol. The third-order valence-corrected chi connectivity index (χ3v) is 9.00. The van der Waals surface area contributed by atoms with E-state index in [0.717, 1.165) is 30.6 Å². The van der Waals surface area contributed by atoms with E-state index in [9.17, 15) is 18.0 Å². The minimum absolute atomic E-state index is 0.0189. The molecule has 0 aromatic heterocycles. The second-order valence-electron chi connectivity index (χ2n) is 9.14. The van der Waals surface area contributed by atoms with E-state index in [-0.39, 0.29) is 42.1 Å². The van der Waals surface area contributed by atoms with Crippen LogP contribution in [-0.2, 0) is 33.3 Å². The molecule has 2 aliphatic heterocycles. The number of carbonyl (C=O) groups is 2. The number of hydrogen-bond acceptors (Lipinski definition) is 9. The lowest BCUT2D eigenvalue weighted by atomic mass is 10.0. The van der Waals surface area contributed by atoms with Crippen LogP contribution < -0.4 is 16.0 Å². The first kappa shape index (κ1) is 30.6. The summed E-state index contributed by atoms with van der Waals surface area (Å²) in [6.07, 6.45) is 3.27. The van der Waals surface area contributed by atoms with Crippen molar-refractivity contribution in [1.82, 2.24) is 16.0 Å². The van der Waals surface area contributed by atoms with Gasteiger partial charge in [0, 0.05) is 24.0 Å². The Labute approximate surface area is 229 Å². The van der Waals surface area contributed by atoms with Crippen LogP contribution in [0.4, 0.5) is 4.79 Å². The van der Waals surface area contributed by atoms with Crippen LogP contribution in [-0.4, -0.2) is 96.2 Å². The number of urea groups is 1. The van der Waals surface area contributed by atoms with E-state index in [1.165, 1.54) is 12.1 Å². The Hall–Kier alpha value is -1.90. The van der Waals surface area contributed by atoms with Crippen LogP contribution in [0.5, 0.6) is 0 Å². The third-order valence-electron chi connectivity index (χ3n) is 6.17. The summed E-state index contributed by atoms with van der Waals surface area (Å²) >= 11 is 1.89. The maximum atomic E-state index is 12.1. The second-order valence-corrected chi connectivity index (χ2v) is 12.0. The lowest BCUT2D eigenvalue weighted by Gasteiger charge is -2.16. The number of unbranched alkanes of at least 4 members (excludes halogenated alkanes) is 1. The zero-order valence-electron chi connectivity index (χ0n) is 21.8. The van der Waals surface area contributed by atoms with Crippen LogP contribution in [0.2, 0.25) is 0 Å². The summed E-state index contributed by atoms with van der Waals surface area (Å²) in [6, 6.07) is 6.84. The molecule has 1 aromatic carbocycles. The van der Waals surface area contributed by atoms with Crippen LogP contribution in [0.3, 0.4) is 0 Å². The van der Waals surface area contributed by atoms with Gasteiger partial charge < -0.3 is 30.2 Å². The standard InChI is InChI=1S/C25H39N3O8S2/c1-19-6-8-20(9-7-19)38(31,32)36-17-16-35-15-14-34-13-12-33-11-10-26-23(29)5-3-2-4-22-24-21(18-37-22)27-25(30)28-24/h6-9,21-22,24H,2-5,10-18H2,1H3,(H,26,29)(H2,27,28,30)/t21-,22-,24-/m0/s1. The van der Waals surface area contributed by atoms with Gasteiger partial charge in [-0.1, -0.05) is 24.1 Å². The highest BCUT2D eigenvalue weighted by molar-refractivity contribution is 8.00. The van der Waals surface area contributed by atoms with Crippen LogP contribution in [0.1, 0.15) is 31.2 Å². The van der Waals surface area contributed by atoms with E-state index in [0.29, 0.717) is 51.2 Å². The number of benzene rings is 1. The van der Waals surface area contributed by atoms with Gasteiger partial charge in [0.1, 0.15) is 0 Å². The Morgan fingerprint density at radius 1 is 0.974 bits per heavy atom. The highest BCUT2D eigenvalue weighted by atomic mass is 32.2. The van der Waals surface area contributed by atoms with E-state index in [1.54, 1.807) is 12.1 Å². The summed E-state index contributed by atoms with van der Waals surface area (Å²) in [5.41, 5.74) is 0.972. The normalized spacial score (nSPS) is 20.7. The lowest BCUT2D eigenvalue weighted by Crippen LogP contribution is -2.36. The Morgan fingerprint density at radius 2 is 1.63 bits per heavy atom. The molecule has 2 aliphatic rings. The molecule has 2 saturated heterocycles. The predicted octanol–water partition coefficient (Wildman–Crippen LogP) is 1.59. The number of thioether (sulfide) groups is 1. The van der Waals surface area contributed by atoms with Crippen LogP contribution in [0.15, 0.2) is 29.2 Å². The summed E-state index contributed by atoms with van der Waals surface area (Å²) in [7, 11) is -3.78.